The molecule has 0 aliphatic heterocycles. The number of hydrogen-bond donors (Lipinski definition) is 2. The first-order valence-corrected chi connectivity index (χ1v) is 10.7. The van der Waals surface area contributed by atoms with Crippen molar-refractivity contribution in [2.45, 2.75) is 57.4 Å². The number of rotatable bonds is 6. The molecular weight excluding hydrogens is 416 g/mol. The number of nitrogens with one attached hydrogen (secondary N) is 2. The van der Waals surface area contributed by atoms with Crippen LogP contribution in [0, 0.1) is 0 Å². The van der Waals surface area contributed by atoms with E-state index in [1.165, 1.54) is 0 Å². The summed E-state index contributed by atoms with van der Waals surface area (Å²) in [7, 11) is 0. The van der Waals surface area contributed by atoms with Gasteiger partial charge in [-0.2, -0.15) is 0 Å². The maximum absolute atomic E-state index is 13.3. The third kappa shape index (κ3) is 4.46. The van der Waals surface area contributed by atoms with Gasteiger partial charge >= 0.3 is 0 Å². The molecule has 3 rings (SSSR count). The van der Waals surface area contributed by atoms with Crippen LogP contribution in [-0.2, 0) is 15.0 Å². The van der Waals surface area contributed by atoms with Crippen LogP contribution in [0.1, 0.15) is 63.1 Å². The number of halogens is 1. The Labute approximate surface area is 175 Å². The maximum atomic E-state index is 13.3. The second kappa shape index (κ2) is 8.91. The maximum Gasteiger partial charge on any atom is 0.231 e. The Hall–Kier alpha value is -2.14. The minimum atomic E-state index is -0.440. The topological polar surface area (TPSA) is 58.2 Å². The van der Waals surface area contributed by atoms with Crippen LogP contribution < -0.4 is 10.6 Å². The molecule has 5 heteroatoms. The minimum Gasteiger partial charge on any atom is -0.349 e. The second-order valence-corrected chi connectivity index (χ2v) is 8.43. The highest BCUT2D eigenvalue weighted by Crippen LogP contribution is 2.42. The lowest BCUT2D eigenvalue weighted by Gasteiger charge is -2.30. The van der Waals surface area contributed by atoms with Crippen LogP contribution >= 0.6 is 15.9 Å². The van der Waals surface area contributed by atoms with Gasteiger partial charge in [-0.25, -0.2) is 0 Å². The van der Waals surface area contributed by atoms with Crippen LogP contribution in [0.4, 0.5) is 5.69 Å². The smallest absolute Gasteiger partial charge is 0.231 e. The fourth-order valence-electron chi connectivity index (χ4n) is 3.92. The zero-order valence-corrected chi connectivity index (χ0v) is 18.0. The van der Waals surface area contributed by atoms with Gasteiger partial charge < -0.3 is 10.6 Å². The quantitative estimate of drug-likeness (QED) is 0.621. The summed E-state index contributed by atoms with van der Waals surface area (Å²) in [5.74, 6) is 0.0926. The molecule has 1 aliphatic rings. The molecule has 1 saturated carbocycles. The lowest BCUT2D eigenvalue weighted by Crippen LogP contribution is -2.43. The molecule has 2 amide bonds. The van der Waals surface area contributed by atoms with Crippen LogP contribution in [0.2, 0.25) is 0 Å². The summed E-state index contributed by atoms with van der Waals surface area (Å²) in [6.45, 7) is 3.83. The summed E-state index contributed by atoms with van der Waals surface area (Å²) in [4.78, 5) is 24.8. The van der Waals surface area contributed by atoms with Gasteiger partial charge in [-0.15, -0.1) is 0 Å². The molecule has 1 unspecified atom stereocenters. The number of hydrogen-bond acceptors (Lipinski definition) is 2. The van der Waals surface area contributed by atoms with E-state index in [2.05, 4.69) is 38.7 Å². The average Bonchev–Trinajstić information content (AvgIpc) is 3.20. The van der Waals surface area contributed by atoms with Gasteiger partial charge in [-0.1, -0.05) is 60.0 Å². The number of benzene rings is 2. The van der Waals surface area contributed by atoms with E-state index in [0.717, 1.165) is 47.0 Å². The Balaban J connectivity index is 1.73. The van der Waals surface area contributed by atoms with Gasteiger partial charge in [0.2, 0.25) is 11.8 Å². The molecule has 0 heterocycles. The average molecular weight is 443 g/mol. The molecule has 0 radical (unpaired) electrons. The SMILES string of the molecule is CCC(=O)Nc1ccc(C(C)NC(=O)C2(c3ccc(Br)cc3)CCCC2)cc1. The fourth-order valence-corrected chi connectivity index (χ4v) is 4.18. The van der Waals surface area contributed by atoms with E-state index in [9.17, 15) is 9.59 Å². The monoisotopic (exact) mass is 442 g/mol. The Morgan fingerprint density at radius 1 is 1.04 bits per heavy atom. The van der Waals surface area contributed by atoms with Crippen molar-refractivity contribution >= 4 is 33.4 Å². The molecule has 0 spiro atoms. The first-order valence-electron chi connectivity index (χ1n) is 9.91. The molecule has 28 heavy (non-hydrogen) atoms. The highest BCUT2D eigenvalue weighted by molar-refractivity contribution is 9.10. The molecule has 0 bridgehead atoms. The Kier molecular flexibility index (Phi) is 6.55. The zero-order chi connectivity index (χ0) is 20.1. The number of amides is 2. The largest absolute Gasteiger partial charge is 0.349 e. The van der Waals surface area contributed by atoms with E-state index in [0.29, 0.717) is 6.42 Å². The van der Waals surface area contributed by atoms with E-state index >= 15 is 0 Å². The molecule has 148 valence electrons. The van der Waals surface area contributed by atoms with E-state index in [1.807, 2.05) is 50.2 Å². The van der Waals surface area contributed by atoms with E-state index in [-0.39, 0.29) is 17.9 Å². The third-order valence-electron chi connectivity index (χ3n) is 5.65. The minimum absolute atomic E-state index is 0.00762. The van der Waals surface area contributed by atoms with Crippen molar-refractivity contribution in [2.24, 2.45) is 0 Å². The van der Waals surface area contributed by atoms with Crippen molar-refractivity contribution < 1.29 is 9.59 Å². The normalized spacial score (nSPS) is 16.4. The highest BCUT2D eigenvalue weighted by atomic mass is 79.9. The first kappa shape index (κ1) is 20.6. The third-order valence-corrected chi connectivity index (χ3v) is 6.18. The molecule has 0 saturated heterocycles. The molecule has 0 aromatic heterocycles. The predicted molar refractivity (Wildman–Crippen MR) is 116 cm³/mol. The van der Waals surface area contributed by atoms with Gasteiger partial charge in [0.25, 0.3) is 0 Å². The number of anilines is 1. The van der Waals surface area contributed by atoms with E-state index in [1.54, 1.807) is 0 Å². The molecular formula is C23H27BrN2O2. The highest BCUT2D eigenvalue weighted by Gasteiger charge is 2.43. The van der Waals surface area contributed by atoms with Crippen molar-refractivity contribution in [1.29, 1.82) is 0 Å². The molecule has 2 aromatic rings. The number of carbonyl (C=O) groups is 2. The van der Waals surface area contributed by atoms with Crippen LogP contribution in [0.3, 0.4) is 0 Å². The first-order chi connectivity index (χ1) is 13.4. The Morgan fingerprint density at radius 2 is 1.64 bits per heavy atom. The second-order valence-electron chi connectivity index (χ2n) is 7.51. The van der Waals surface area contributed by atoms with E-state index < -0.39 is 5.41 Å². The predicted octanol–water partition coefficient (Wildman–Crippen LogP) is 5.49. The molecule has 1 aliphatic carbocycles. The summed E-state index contributed by atoms with van der Waals surface area (Å²) in [5.41, 5.74) is 2.45. The standard InChI is InChI=1S/C23H27BrN2O2/c1-3-21(27)26-20-12-6-17(7-13-20)16(2)25-22(28)23(14-4-5-15-23)18-8-10-19(24)11-9-18/h6-13,16H,3-5,14-15H2,1-2H3,(H,25,28)(H,26,27). The van der Waals surface area contributed by atoms with Gasteiger partial charge in [-0.3, -0.25) is 9.59 Å². The zero-order valence-electron chi connectivity index (χ0n) is 16.4. The van der Waals surface area contributed by atoms with Crippen molar-refractivity contribution in [1.82, 2.24) is 5.32 Å². The number of carbonyl (C=O) groups excluding carboxylic acids is 2. The Bertz CT molecular complexity index is 825. The van der Waals surface area contributed by atoms with Crippen molar-refractivity contribution in [3.8, 4) is 0 Å². The molecule has 2 aromatic carbocycles. The van der Waals surface area contributed by atoms with Crippen molar-refractivity contribution in [3.05, 3.63) is 64.1 Å². The van der Waals surface area contributed by atoms with Crippen molar-refractivity contribution in [3.63, 3.8) is 0 Å². The summed E-state index contributed by atoms with van der Waals surface area (Å²) in [6, 6.07) is 15.7. The molecule has 2 N–H and O–H groups in total. The molecule has 1 atom stereocenters. The summed E-state index contributed by atoms with van der Waals surface area (Å²) < 4.78 is 1.02. The van der Waals surface area contributed by atoms with Crippen molar-refractivity contribution in [2.75, 3.05) is 5.32 Å². The lowest BCUT2D eigenvalue weighted by atomic mass is 9.77. The van der Waals surface area contributed by atoms with E-state index in [4.69, 9.17) is 0 Å². The Morgan fingerprint density at radius 3 is 2.21 bits per heavy atom. The summed E-state index contributed by atoms with van der Waals surface area (Å²) in [5, 5.41) is 6.07. The van der Waals surface area contributed by atoms with Crippen LogP contribution in [0.15, 0.2) is 53.0 Å². The molecule has 4 nitrogen and oxygen atoms in total. The van der Waals surface area contributed by atoms with Gasteiger partial charge in [-0.05, 0) is 55.2 Å². The van der Waals surface area contributed by atoms with Crippen LogP contribution in [0.5, 0.6) is 0 Å². The van der Waals surface area contributed by atoms with Gasteiger partial charge in [0.05, 0.1) is 11.5 Å². The summed E-state index contributed by atoms with van der Waals surface area (Å²) in [6.07, 6.45) is 4.37. The van der Waals surface area contributed by atoms with Crippen LogP contribution in [0.25, 0.3) is 0 Å². The summed E-state index contributed by atoms with van der Waals surface area (Å²) >= 11 is 3.48. The lowest BCUT2D eigenvalue weighted by molar-refractivity contribution is -0.127. The molecule has 1 fully saturated rings. The van der Waals surface area contributed by atoms with Gasteiger partial charge in [0, 0.05) is 16.6 Å². The fraction of sp³-hybridized carbons (Fsp3) is 0.391. The van der Waals surface area contributed by atoms with Gasteiger partial charge in [0.15, 0.2) is 0 Å². The van der Waals surface area contributed by atoms with Gasteiger partial charge in [0.1, 0.15) is 0 Å². The van der Waals surface area contributed by atoms with Crippen LogP contribution in [-0.4, -0.2) is 11.8 Å².